The van der Waals surface area contributed by atoms with Crippen LogP contribution in [0.2, 0.25) is 4.34 Å². The number of nitrogens with zero attached hydrogens (tertiary/aromatic N) is 5. The molecule has 0 bridgehead atoms. The third-order valence-corrected chi connectivity index (χ3v) is 6.54. The average molecular weight is 408 g/mol. The van der Waals surface area contributed by atoms with E-state index in [-0.39, 0.29) is 0 Å². The molecule has 8 heteroatoms. The number of rotatable bonds is 5. The molecule has 2 aromatic heterocycles. The second-order valence-electron chi connectivity index (χ2n) is 7.16. The minimum Gasteiger partial charge on any atom is -0.378 e. The number of thiophene rings is 1. The molecule has 0 N–H and O–H groups in total. The Bertz CT molecular complexity index is 751. The number of piperidine rings is 1. The first kappa shape index (κ1) is 18.9. The lowest BCUT2D eigenvalue weighted by atomic mass is 10.0. The summed E-state index contributed by atoms with van der Waals surface area (Å²) in [4.78, 5) is 17.7. The van der Waals surface area contributed by atoms with Gasteiger partial charge in [-0.15, -0.1) is 11.3 Å². The molecule has 2 fully saturated rings. The van der Waals surface area contributed by atoms with Crippen molar-refractivity contribution in [3.8, 4) is 0 Å². The van der Waals surface area contributed by atoms with E-state index in [1.165, 1.54) is 17.7 Å². The van der Waals surface area contributed by atoms with E-state index < -0.39 is 0 Å². The van der Waals surface area contributed by atoms with Gasteiger partial charge in [0.05, 0.1) is 17.6 Å². The van der Waals surface area contributed by atoms with E-state index >= 15 is 0 Å². The van der Waals surface area contributed by atoms with Crippen molar-refractivity contribution >= 4 is 34.7 Å². The first-order chi connectivity index (χ1) is 13.2. The van der Waals surface area contributed by atoms with Gasteiger partial charge in [0.2, 0.25) is 5.95 Å². The Hall–Kier alpha value is -1.41. The Kier molecular flexibility index (Phi) is 6.12. The quantitative estimate of drug-likeness (QED) is 0.758. The first-order valence-electron chi connectivity index (χ1n) is 9.54. The van der Waals surface area contributed by atoms with Crippen LogP contribution < -0.4 is 9.80 Å². The molecule has 1 atom stereocenters. The highest BCUT2D eigenvalue weighted by Crippen LogP contribution is 2.26. The molecule has 2 aliphatic heterocycles. The molecule has 4 rings (SSSR count). The summed E-state index contributed by atoms with van der Waals surface area (Å²) in [7, 11) is 2.15. The van der Waals surface area contributed by atoms with E-state index in [4.69, 9.17) is 21.3 Å². The number of anilines is 2. The summed E-state index contributed by atoms with van der Waals surface area (Å²) < 4.78 is 6.30. The second kappa shape index (κ2) is 8.73. The lowest BCUT2D eigenvalue weighted by Gasteiger charge is -2.38. The smallest absolute Gasteiger partial charge is 0.227 e. The van der Waals surface area contributed by atoms with Crippen LogP contribution in [-0.4, -0.2) is 67.4 Å². The SMILES string of the molecule is CN(c1ccnc(N2CCOCC2)n1)C1CCCN(Cc2ccc(Cl)s2)C1. The molecule has 27 heavy (non-hydrogen) atoms. The van der Waals surface area contributed by atoms with Crippen molar-refractivity contribution in [2.75, 3.05) is 56.2 Å². The normalized spacial score (nSPS) is 21.4. The van der Waals surface area contributed by atoms with Gasteiger partial charge in [-0.1, -0.05) is 11.6 Å². The molecule has 6 nitrogen and oxygen atoms in total. The number of likely N-dealkylation sites (N-methyl/N-ethyl adjacent to an activating group) is 1. The maximum Gasteiger partial charge on any atom is 0.227 e. The predicted molar refractivity (Wildman–Crippen MR) is 111 cm³/mol. The van der Waals surface area contributed by atoms with Gasteiger partial charge in [-0.3, -0.25) is 4.90 Å². The maximum absolute atomic E-state index is 6.08. The molecular weight excluding hydrogens is 382 g/mol. The van der Waals surface area contributed by atoms with Gasteiger partial charge in [-0.05, 0) is 37.6 Å². The van der Waals surface area contributed by atoms with Crippen LogP contribution in [0, 0.1) is 0 Å². The summed E-state index contributed by atoms with van der Waals surface area (Å²) in [5.41, 5.74) is 0. The van der Waals surface area contributed by atoms with Crippen molar-refractivity contribution in [1.29, 1.82) is 0 Å². The molecule has 2 saturated heterocycles. The third-order valence-electron chi connectivity index (χ3n) is 5.32. The van der Waals surface area contributed by atoms with Crippen molar-refractivity contribution in [3.05, 3.63) is 33.6 Å². The van der Waals surface area contributed by atoms with Crippen LogP contribution in [0.1, 0.15) is 17.7 Å². The monoisotopic (exact) mass is 407 g/mol. The fraction of sp³-hybridized carbons (Fsp3) is 0.579. The molecule has 0 saturated carbocycles. The number of halogens is 1. The molecule has 1 unspecified atom stereocenters. The summed E-state index contributed by atoms with van der Waals surface area (Å²) in [5.74, 6) is 1.81. The fourth-order valence-electron chi connectivity index (χ4n) is 3.79. The Morgan fingerprint density at radius 2 is 2.11 bits per heavy atom. The summed E-state index contributed by atoms with van der Waals surface area (Å²) in [6.07, 6.45) is 4.27. The topological polar surface area (TPSA) is 44.7 Å². The molecule has 2 aliphatic rings. The van der Waals surface area contributed by atoms with Crippen molar-refractivity contribution < 1.29 is 4.74 Å². The van der Waals surface area contributed by atoms with E-state index in [9.17, 15) is 0 Å². The Balaban J connectivity index is 1.41. The van der Waals surface area contributed by atoms with Crippen molar-refractivity contribution in [2.24, 2.45) is 0 Å². The third kappa shape index (κ3) is 4.71. The van der Waals surface area contributed by atoms with E-state index in [0.717, 1.165) is 62.0 Å². The van der Waals surface area contributed by atoms with Gasteiger partial charge in [0, 0.05) is 50.3 Å². The van der Waals surface area contributed by atoms with Crippen molar-refractivity contribution in [3.63, 3.8) is 0 Å². The van der Waals surface area contributed by atoms with Gasteiger partial charge in [0.15, 0.2) is 0 Å². The van der Waals surface area contributed by atoms with E-state index in [1.807, 2.05) is 18.3 Å². The van der Waals surface area contributed by atoms with Crippen LogP contribution in [0.3, 0.4) is 0 Å². The van der Waals surface area contributed by atoms with E-state index in [0.29, 0.717) is 6.04 Å². The zero-order valence-corrected chi connectivity index (χ0v) is 17.3. The van der Waals surface area contributed by atoms with Crippen LogP contribution in [-0.2, 0) is 11.3 Å². The molecule has 2 aromatic rings. The molecule has 0 spiro atoms. The molecule has 4 heterocycles. The summed E-state index contributed by atoms with van der Waals surface area (Å²) >= 11 is 7.76. The van der Waals surface area contributed by atoms with Gasteiger partial charge >= 0.3 is 0 Å². The first-order valence-corrected chi connectivity index (χ1v) is 10.7. The Labute approximate surface area is 169 Å². The predicted octanol–water partition coefficient (Wildman–Crippen LogP) is 3.13. The second-order valence-corrected chi connectivity index (χ2v) is 8.96. The van der Waals surface area contributed by atoms with Crippen LogP contribution in [0.15, 0.2) is 24.4 Å². The molecule has 0 aromatic carbocycles. The molecule has 146 valence electrons. The van der Waals surface area contributed by atoms with Crippen LogP contribution in [0.25, 0.3) is 0 Å². The van der Waals surface area contributed by atoms with Crippen molar-refractivity contribution in [1.82, 2.24) is 14.9 Å². The fourth-order valence-corrected chi connectivity index (χ4v) is 4.92. The van der Waals surface area contributed by atoms with Crippen LogP contribution in [0.5, 0.6) is 0 Å². The van der Waals surface area contributed by atoms with Gasteiger partial charge < -0.3 is 14.5 Å². The van der Waals surface area contributed by atoms with Gasteiger partial charge in [-0.2, -0.15) is 4.98 Å². The van der Waals surface area contributed by atoms with Gasteiger partial charge in [0.25, 0.3) is 0 Å². The van der Waals surface area contributed by atoms with Gasteiger partial charge in [0.1, 0.15) is 5.82 Å². The lowest BCUT2D eigenvalue weighted by Crippen LogP contribution is -2.46. The largest absolute Gasteiger partial charge is 0.378 e. The van der Waals surface area contributed by atoms with Crippen LogP contribution >= 0.6 is 22.9 Å². The molecule has 0 aliphatic carbocycles. The summed E-state index contributed by atoms with van der Waals surface area (Å²) in [5, 5.41) is 0. The highest BCUT2D eigenvalue weighted by Gasteiger charge is 2.25. The average Bonchev–Trinajstić information content (AvgIpc) is 3.13. The van der Waals surface area contributed by atoms with Gasteiger partial charge in [-0.25, -0.2) is 4.98 Å². The summed E-state index contributed by atoms with van der Waals surface area (Å²) in [6, 6.07) is 6.60. The lowest BCUT2D eigenvalue weighted by molar-refractivity contribution is 0.122. The number of morpholine rings is 1. The highest BCUT2D eigenvalue weighted by molar-refractivity contribution is 7.16. The zero-order valence-electron chi connectivity index (χ0n) is 15.7. The number of ether oxygens (including phenoxy) is 1. The number of hydrogen-bond donors (Lipinski definition) is 0. The van der Waals surface area contributed by atoms with E-state index in [1.54, 1.807) is 11.3 Å². The summed E-state index contributed by atoms with van der Waals surface area (Å²) in [6.45, 7) is 6.36. The number of aromatic nitrogens is 2. The number of likely N-dealkylation sites (tertiary alicyclic amines) is 1. The number of hydrogen-bond acceptors (Lipinski definition) is 7. The minimum atomic E-state index is 0.460. The zero-order chi connectivity index (χ0) is 18.6. The Morgan fingerprint density at radius 1 is 1.26 bits per heavy atom. The highest BCUT2D eigenvalue weighted by atomic mass is 35.5. The maximum atomic E-state index is 6.08. The van der Waals surface area contributed by atoms with Crippen LogP contribution in [0.4, 0.5) is 11.8 Å². The van der Waals surface area contributed by atoms with E-state index in [2.05, 4.69) is 32.8 Å². The Morgan fingerprint density at radius 3 is 2.89 bits per heavy atom. The minimum absolute atomic E-state index is 0.460. The molecular formula is C19H26ClN5OS. The standard InChI is InChI=1S/C19H26ClN5OS/c1-23(18-6-7-21-19(22-18)25-9-11-26-12-10-25)15-3-2-8-24(13-15)14-16-4-5-17(20)27-16/h4-7,15H,2-3,8-14H2,1H3. The molecule has 0 radical (unpaired) electrons. The van der Waals surface area contributed by atoms with Crippen molar-refractivity contribution in [2.45, 2.75) is 25.4 Å². The molecule has 0 amide bonds.